The van der Waals surface area contributed by atoms with Crippen LogP contribution in [0.5, 0.6) is 0 Å². The number of carbonyl (C=O) groups excluding carboxylic acids is 1. The minimum Gasteiger partial charge on any atom is -0.396 e. The minimum atomic E-state index is -0.0413. The van der Waals surface area contributed by atoms with Crippen LogP contribution < -0.4 is 5.32 Å². The Morgan fingerprint density at radius 3 is 2.53 bits per heavy atom. The van der Waals surface area contributed by atoms with Crippen molar-refractivity contribution in [1.82, 2.24) is 0 Å². The summed E-state index contributed by atoms with van der Waals surface area (Å²) < 4.78 is 1.72. The molecule has 106 valence electrons. The molecule has 0 aromatic heterocycles. The molecule has 0 aliphatic carbocycles. The van der Waals surface area contributed by atoms with Gasteiger partial charge >= 0.3 is 0 Å². The molecular weight excluding hydrogens is 394 g/mol. The van der Waals surface area contributed by atoms with Gasteiger partial charge in [-0.3, -0.25) is 4.79 Å². The lowest BCUT2D eigenvalue weighted by molar-refractivity contribution is -0.113. The first-order chi connectivity index (χ1) is 8.93. The average molecular weight is 411 g/mol. The Kier molecular flexibility index (Phi) is 7.42. The quantitative estimate of drug-likeness (QED) is 0.749. The maximum Gasteiger partial charge on any atom is 0.234 e. The molecule has 3 nitrogen and oxygen atoms in total. The summed E-state index contributed by atoms with van der Waals surface area (Å²) in [6.45, 7) is 4.11. The van der Waals surface area contributed by atoms with E-state index < -0.39 is 0 Å². The van der Waals surface area contributed by atoms with E-state index in [0.717, 1.165) is 25.9 Å². The SMILES string of the molecule is Cc1cc(Br)c(NC(=O)CSCC(C)CO)c(Br)c1. The fourth-order valence-electron chi connectivity index (χ4n) is 1.40. The van der Waals surface area contributed by atoms with Gasteiger partial charge in [0.1, 0.15) is 0 Å². The molecular formula is C13H17Br2NO2S. The first-order valence-electron chi connectivity index (χ1n) is 5.88. The van der Waals surface area contributed by atoms with E-state index in [2.05, 4.69) is 37.2 Å². The predicted molar refractivity (Wildman–Crippen MR) is 88.8 cm³/mol. The summed E-state index contributed by atoms with van der Waals surface area (Å²) in [4.78, 5) is 11.8. The molecule has 1 amide bonds. The van der Waals surface area contributed by atoms with Gasteiger partial charge in [-0.05, 0) is 68.2 Å². The van der Waals surface area contributed by atoms with Crippen molar-refractivity contribution in [2.45, 2.75) is 13.8 Å². The summed E-state index contributed by atoms with van der Waals surface area (Å²) in [6.07, 6.45) is 0. The Labute approximate surface area is 134 Å². The van der Waals surface area contributed by atoms with Crippen molar-refractivity contribution in [2.24, 2.45) is 5.92 Å². The number of aliphatic hydroxyl groups is 1. The summed E-state index contributed by atoms with van der Waals surface area (Å²) in [5.74, 6) is 1.34. The monoisotopic (exact) mass is 409 g/mol. The van der Waals surface area contributed by atoms with Gasteiger partial charge in [0.2, 0.25) is 5.91 Å². The number of hydrogen-bond acceptors (Lipinski definition) is 3. The van der Waals surface area contributed by atoms with E-state index in [1.54, 1.807) is 0 Å². The number of nitrogens with one attached hydrogen (secondary N) is 1. The number of carbonyl (C=O) groups is 1. The summed E-state index contributed by atoms with van der Waals surface area (Å²) in [6, 6.07) is 3.92. The largest absolute Gasteiger partial charge is 0.396 e. The Morgan fingerprint density at radius 1 is 1.42 bits per heavy atom. The molecule has 6 heteroatoms. The molecule has 1 rings (SSSR count). The highest BCUT2D eigenvalue weighted by atomic mass is 79.9. The van der Waals surface area contributed by atoms with Crippen LogP contribution in [0, 0.1) is 12.8 Å². The van der Waals surface area contributed by atoms with Gasteiger partial charge in [-0.1, -0.05) is 6.92 Å². The second-order valence-corrected chi connectivity index (χ2v) is 7.19. The number of aliphatic hydroxyl groups excluding tert-OH is 1. The predicted octanol–water partition coefficient (Wildman–Crippen LogP) is 3.82. The smallest absolute Gasteiger partial charge is 0.234 e. The molecule has 1 aromatic rings. The van der Waals surface area contributed by atoms with Crippen molar-refractivity contribution in [3.63, 3.8) is 0 Å². The molecule has 0 aliphatic rings. The standard InChI is InChI=1S/C13H17Br2NO2S/c1-8-3-10(14)13(11(15)4-8)16-12(18)7-19-6-9(2)5-17/h3-4,9,17H,5-7H2,1-2H3,(H,16,18). The number of halogens is 2. The fraction of sp³-hybridized carbons (Fsp3) is 0.462. The second kappa shape index (κ2) is 8.29. The molecule has 1 unspecified atom stereocenters. The van der Waals surface area contributed by atoms with Crippen LogP contribution in [0.2, 0.25) is 0 Å². The number of benzene rings is 1. The van der Waals surface area contributed by atoms with Gasteiger partial charge < -0.3 is 10.4 Å². The molecule has 0 fully saturated rings. The van der Waals surface area contributed by atoms with Crippen LogP contribution in [0.3, 0.4) is 0 Å². The van der Waals surface area contributed by atoms with E-state index in [1.807, 2.05) is 26.0 Å². The van der Waals surface area contributed by atoms with Gasteiger partial charge in [-0.15, -0.1) is 0 Å². The van der Waals surface area contributed by atoms with Crippen LogP contribution in [0.1, 0.15) is 12.5 Å². The first-order valence-corrected chi connectivity index (χ1v) is 8.62. The molecule has 0 saturated heterocycles. The molecule has 0 heterocycles. The number of thioether (sulfide) groups is 1. The van der Waals surface area contributed by atoms with Crippen molar-refractivity contribution in [1.29, 1.82) is 0 Å². The van der Waals surface area contributed by atoms with Gasteiger partial charge in [0.05, 0.1) is 11.4 Å². The Bertz CT molecular complexity index is 431. The number of hydrogen-bond donors (Lipinski definition) is 2. The van der Waals surface area contributed by atoms with Crippen molar-refractivity contribution >= 4 is 55.2 Å². The first kappa shape index (κ1) is 17.0. The Hall–Kier alpha value is -0.0400. The summed E-state index contributed by atoms with van der Waals surface area (Å²) in [5, 5.41) is 11.8. The molecule has 0 radical (unpaired) electrons. The normalized spacial score (nSPS) is 12.3. The number of anilines is 1. The maximum absolute atomic E-state index is 11.8. The zero-order chi connectivity index (χ0) is 14.4. The molecule has 19 heavy (non-hydrogen) atoms. The minimum absolute atomic E-state index is 0.0413. The van der Waals surface area contributed by atoms with E-state index >= 15 is 0 Å². The van der Waals surface area contributed by atoms with Crippen molar-refractivity contribution in [3.05, 3.63) is 26.6 Å². The Balaban J connectivity index is 2.53. The lowest BCUT2D eigenvalue weighted by Crippen LogP contribution is -2.16. The zero-order valence-electron chi connectivity index (χ0n) is 10.9. The molecule has 0 saturated carbocycles. The molecule has 0 aliphatic heterocycles. The number of rotatable bonds is 6. The van der Waals surface area contributed by atoms with Crippen molar-refractivity contribution < 1.29 is 9.90 Å². The Morgan fingerprint density at radius 2 is 2.00 bits per heavy atom. The van der Waals surface area contributed by atoms with E-state index in [1.165, 1.54) is 11.8 Å². The molecule has 1 aromatic carbocycles. The van der Waals surface area contributed by atoms with E-state index in [-0.39, 0.29) is 18.4 Å². The third-order valence-electron chi connectivity index (χ3n) is 2.40. The van der Waals surface area contributed by atoms with Gasteiger partial charge in [0.25, 0.3) is 0 Å². The van der Waals surface area contributed by atoms with Crippen LogP contribution in [-0.2, 0) is 4.79 Å². The van der Waals surface area contributed by atoms with E-state index in [4.69, 9.17) is 5.11 Å². The maximum atomic E-state index is 11.8. The number of amides is 1. The highest BCUT2D eigenvalue weighted by molar-refractivity contribution is 9.11. The third kappa shape index (κ3) is 5.85. The lowest BCUT2D eigenvalue weighted by Gasteiger charge is -2.11. The van der Waals surface area contributed by atoms with Gasteiger partial charge in [-0.2, -0.15) is 11.8 Å². The summed E-state index contributed by atoms with van der Waals surface area (Å²) in [5.41, 5.74) is 1.87. The highest BCUT2D eigenvalue weighted by Crippen LogP contribution is 2.32. The van der Waals surface area contributed by atoms with Crippen molar-refractivity contribution in [2.75, 3.05) is 23.4 Å². The molecule has 2 N–H and O–H groups in total. The van der Waals surface area contributed by atoms with E-state index in [0.29, 0.717) is 5.75 Å². The summed E-state index contributed by atoms with van der Waals surface area (Å²) in [7, 11) is 0. The van der Waals surface area contributed by atoms with Crippen LogP contribution >= 0.6 is 43.6 Å². The zero-order valence-corrected chi connectivity index (χ0v) is 14.9. The molecule has 1 atom stereocenters. The second-order valence-electron chi connectivity index (χ2n) is 4.45. The lowest BCUT2D eigenvalue weighted by atomic mass is 10.2. The van der Waals surface area contributed by atoms with Crippen LogP contribution in [0.25, 0.3) is 0 Å². The van der Waals surface area contributed by atoms with Crippen LogP contribution in [0.4, 0.5) is 5.69 Å². The fourth-order valence-corrected chi connectivity index (χ4v) is 3.90. The topological polar surface area (TPSA) is 49.3 Å². The van der Waals surface area contributed by atoms with Gasteiger partial charge in [0, 0.05) is 15.6 Å². The van der Waals surface area contributed by atoms with Crippen LogP contribution in [-0.4, -0.2) is 29.1 Å². The highest BCUT2D eigenvalue weighted by Gasteiger charge is 2.10. The third-order valence-corrected chi connectivity index (χ3v) is 4.92. The summed E-state index contributed by atoms with van der Waals surface area (Å²) >= 11 is 8.41. The van der Waals surface area contributed by atoms with E-state index in [9.17, 15) is 4.79 Å². The van der Waals surface area contributed by atoms with Gasteiger partial charge in [-0.25, -0.2) is 0 Å². The molecule has 0 spiro atoms. The van der Waals surface area contributed by atoms with Crippen LogP contribution in [0.15, 0.2) is 21.1 Å². The van der Waals surface area contributed by atoms with Gasteiger partial charge in [0.15, 0.2) is 0 Å². The average Bonchev–Trinajstić information content (AvgIpc) is 2.33. The number of aryl methyl sites for hydroxylation is 1. The van der Waals surface area contributed by atoms with Crippen molar-refractivity contribution in [3.8, 4) is 0 Å². The molecule has 0 bridgehead atoms.